The van der Waals surface area contributed by atoms with Crippen LogP contribution >= 0.6 is 0 Å². The van der Waals surface area contributed by atoms with E-state index in [9.17, 15) is 18.0 Å². The van der Waals surface area contributed by atoms with E-state index in [-0.39, 0.29) is 18.5 Å². The Kier molecular flexibility index (Phi) is 4.33. The molecule has 0 aromatic carbocycles. The van der Waals surface area contributed by atoms with Crippen molar-refractivity contribution >= 4 is 5.91 Å². The average molecular weight is 331 g/mol. The third-order valence-corrected chi connectivity index (χ3v) is 4.51. The molecule has 1 aromatic rings. The molecule has 9 heteroatoms. The first-order valence-corrected chi connectivity index (χ1v) is 7.69. The first kappa shape index (κ1) is 16.3. The van der Waals surface area contributed by atoms with E-state index in [0.29, 0.717) is 12.2 Å². The van der Waals surface area contributed by atoms with Gasteiger partial charge in [0, 0.05) is 33.2 Å². The standard InChI is InChI=1S/C14H20F3N5O/c1-20-10(7-12(19-20)14(15,16)17)8-18-13(23)11-9-21-3-2-4-22(11)6-5-21/h7,11H,2-6,8-9H2,1H3,(H,18,23). The first-order valence-electron chi connectivity index (χ1n) is 7.69. The van der Waals surface area contributed by atoms with Crippen LogP contribution in [-0.4, -0.2) is 64.3 Å². The summed E-state index contributed by atoms with van der Waals surface area (Å²) in [6, 6.07) is 0.755. The van der Waals surface area contributed by atoms with Crippen molar-refractivity contribution in [3.05, 3.63) is 17.5 Å². The summed E-state index contributed by atoms with van der Waals surface area (Å²) in [5.74, 6) is -0.133. The highest BCUT2D eigenvalue weighted by Gasteiger charge is 2.36. The van der Waals surface area contributed by atoms with Gasteiger partial charge in [-0.05, 0) is 19.0 Å². The summed E-state index contributed by atoms with van der Waals surface area (Å²) in [4.78, 5) is 16.8. The molecular weight excluding hydrogens is 311 g/mol. The highest BCUT2D eigenvalue weighted by atomic mass is 19.4. The van der Waals surface area contributed by atoms with Gasteiger partial charge in [-0.25, -0.2) is 0 Å². The van der Waals surface area contributed by atoms with Gasteiger partial charge in [0.05, 0.1) is 12.2 Å². The Bertz CT molecular complexity index is 581. The number of aryl methyl sites for hydroxylation is 1. The number of amides is 1. The van der Waals surface area contributed by atoms with Crippen molar-refractivity contribution in [2.45, 2.75) is 25.2 Å². The van der Waals surface area contributed by atoms with Crippen LogP contribution in [0, 0.1) is 0 Å². The lowest BCUT2D eigenvalue weighted by Gasteiger charge is -2.36. The fourth-order valence-corrected chi connectivity index (χ4v) is 3.20. The Hall–Kier alpha value is -1.61. The summed E-state index contributed by atoms with van der Waals surface area (Å²) in [5.41, 5.74) is -0.604. The van der Waals surface area contributed by atoms with Gasteiger partial charge in [0.2, 0.25) is 5.91 Å². The molecule has 0 radical (unpaired) electrons. The first-order chi connectivity index (χ1) is 10.8. The lowest BCUT2D eigenvalue weighted by molar-refractivity contribution is -0.141. The highest BCUT2D eigenvalue weighted by Crippen LogP contribution is 2.28. The highest BCUT2D eigenvalue weighted by molar-refractivity contribution is 5.82. The molecule has 0 aliphatic carbocycles. The SMILES string of the molecule is Cn1nc(C(F)(F)F)cc1CNC(=O)C1CN2CCCN1CC2. The zero-order valence-corrected chi connectivity index (χ0v) is 12.9. The second kappa shape index (κ2) is 6.12. The van der Waals surface area contributed by atoms with Crippen molar-refractivity contribution in [1.29, 1.82) is 0 Å². The Labute approximate surface area is 132 Å². The molecule has 4 heterocycles. The zero-order chi connectivity index (χ0) is 16.6. The van der Waals surface area contributed by atoms with Gasteiger partial charge in [-0.15, -0.1) is 0 Å². The lowest BCUT2D eigenvalue weighted by atomic mass is 10.1. The van der Waals surface area contributed by atoms with Crippen molar-refractivity contribution in [3.8, 4) is 0 Å². The van der Waals surface area contributed by atoms with Gasteiger partial charge in [-0.2, -0.15) is 18.3 Å². The van der Waals surface area contributed by atoms with E-state index in [4.69, 9.17) is 0 Å². The molecule has 3 fully saturated rings. The number of rotatable bonds is 3. The number of hydrogen-bond acceptors (Lipinski definition) is 4. The van der Waals surface area contributed by atoms with Crippen LogP contribution in [0.1, 0.15) is 17.8 Å². The van der Waals surface area contributed by atoms with Crippen LogP contribution in [0.25, 0.3) is 0 Å². The van der Waals surface area contributed by atoms with Gasteiger partial charge in [-0.3, -0.25) is 19.3 Å². The van der Waals surface area contributed by atoms with Gasteiger partial charge in [-0.1, -0.05) is 0 Å². The molecule has 3 aliphatic heterocycles. The third-order valence-electron chi connectivity index (χ3n) is 4.51. The van der Waals surface area contributed by atoms with E-state index < -0.39 is 11.9 Å². The van der Waals surface area contributed by atoms with Crippen molar-refractivity contribution in [2.75, 3.05) is 32.7 Å². The number of carbonyl (C=O) groups excluding carboxylic acids is 1. The number of piperazine rings is 1. The van der Waals surface area contributed by atoms with Crippen molar-refractivity contribution in [1.82, 2.24) is 24.9 Å². The van der Waals surface area contributed by atoms with Crippen LogP contribution in [0.4, 0.5) is 13.2 Å². The summed E-state index contributed by atoms with van der Waals surface area (Å²) < 4.78 is 39.1. The quantitative estimate of drug-likeness (QED) is 0.874. The molecule has 0 saturated carbocycles. The second-order valence-electron chi connectivity index (χ2n) is 6.07. The predicted molar refractivity (Wildman–Crippen MR) is 76.5 cm³/mol. The Morgan fingerprint density at radius 2 is 2.13 bits per heavy atom. The number of nitrogens with zero attached hydrogens (tertiary/aromatic N) is 4. The van der Waals surface area contributed by atoms with E-state index in [1.54, 1.807) is 0 Å². The molecule has 128 valence electrons. The molecule has 1 N–H and O–H groups in total. The zero-order valence-electron chi connectivity index (χ0n) is 12.9. The number of hydrogen-bond donors (Lipinski definition) is 1. The maximum atomic E-state index is 12.6. The van der Waals surface area contributed by atoms with E-state index in [1.807, 2.05) is 0 Å². The molecule has 2 bridgehead atoms. The number of aromatic nitrogens is 2. The molecule has 0 spiro atoms. The van der Waals surface area contributed by atoms with Crippen LogP contribution in [0.3, 0.4) is 0 Å². The van der Waals surface area contributed by atoms with Crippen LogP contribution in [0.15, 0.2) is 6.07 Å². The largest absolute Gasteiger partial charge is 0.435 e. The molecule has 3 atom stereocenters. The molecule has 3 aliphatic rings. The summed E-state index contributed by atoms with van der Waals surface area (Å²) in [6.07, 6.45) is -3.43. The topological polar surface area (TPSA) is 53.4 Å². The fraction of sp³-hybridized carbons (Fsp3) is 0.714. The predicted octanol–water partition coefficient (Wildman–Crippen LogP) is 0.445. The van der Waals surface area contributed by atoms with Gasteiger partial charge in [0.25, 0.3) is 0 Å². The Morgan fingerprint density at radius 1 is 1.35 bits per heavy atom. The van der Waals surface area contributed by atoms with Crippen LogP contribution in [0.2, 0.25) is 0 Å². The van der Waals surface area contributed by atoms with E-state index >= 15 is 0 Å². The fourth-order valence-electron chi connectivity index (χ4n) is 3.20. The normalized spacial score (nSPS) is 27.7. The summed E-state index contributed by atoms with van der Waals surface area (Å²) in [7, 11) is 1.44. The second-order valence-corrected chi connectivity index (χ2v) is 6.07. The van der Waals surface area contributed by atoms with E-state index in [2.05, 4.69) is 20.2 Å². The Morgan fingerprint density at radius 3 is 2.83 bits per heavy atom. The molecule has 1 aromatic heterocycles. The molecule has 6 nitrogen and oxygen atoms in total. The maximum absolute atomic E-state index is 12.6. The monoisotopic (exact) mass is 331 g/mol. The summed E-state index contributed by atoms with van der Waals surface area (Å²) >= 11 is 0. The van der Waals surface area contributed by atoms with Crippen molar-refractivity contribution in [3.63, 3.8) is 0 Å². The molecule has 1 amide bonds. The molecule has 4 rings (SSSR count). The number of alkyl halides is 3. The summed E-state index contributed by atoms with van der Waals surface area (Å²) in [5, 5.41) is 6.20. The molecule has 3 saturated heterocycles. The lowest BCUT2D eigenvalue weighted by Crippen LogP contribution is -2.56. The molecular formula is C14H20F3N5O. The average Bonchev–Trinajstić information content (AvgIpc) is 2.67. The smallest absolute Gasteiger partial charge is 0.349 e. The van der Waals surface area contributed by atoms with E-state index in [1.165, 1.54) is 7.05 Å². The number of carbonyl (C=O) groups is 1. The summed E-state index contributed by atoms with van der Waals surface area (Å²) in [6.45, 7) is 4.45. The van der Waals surface area contributed by atoms with Crippen molar-refractivity contribution < 1.29 is 18.0 Å². The number of halogens is 3. The number of fused-ring (bicyclic) bond motifs is 4. The van der Waals surface area contributed by atoms with Gasteiger partial charge in [0.15, 0.2) is 5.69 Å². The minimum Gasteiger partial charge on any atom is -0.349 e. The van der Waals surface area contributed by atoms with Crippen LogP contribution < -0.4 is 5.32 Å². The third kappa shape index (κ3) is 3.50. The molecule has 3 unspecified atom stereocenters. The number of nitrogens with one attached hydrogen (secondary N) is 1. The van der Waals surface area contributed by atoms with Crippen LogP contribution in [-0.2, 0) is 24.6 Å². The van der Waals surface area contributed by atoms with Crippen molar-refractivity contribution in [2.24, 2.45) is 7.05 Å². The Balaban J connectivity index is 1.62. The minimum absolute atomic E-state index is 0.0444. The minimum atomic E-state index is -4.47. The van der Waals surface area contributed by atoms with Gasteiger partial charge < -0.3 is 5.32 Å². The maximum Gasteiger partial charge on any atom is 0.435 e. The van der Waals surface area contributed by atoms with E-state index in [0.717, 1.165) is 43.3 Å². The van der Waals surface area contributed by atoms with Gasteiger partial charge >= 0.3 is 6.18 Å². The molecule has 23 heavy (non-hydrogen) atoms. The van der Waals surface area contributed by atoms with Crippen LogP contribution in [0.5, 0.6) is 0 Å². The van der Waals surface area contributed by atoms with Gasteiger partial charge in [0.1, 0.15) is 6.04 Å².